The number of aromatic carboxylic acids is 1. The molecule has 5 nitrogen and oxygen atoms in total. The average molecular weight is 459 g/mol. The van der Waals surface area contributed by atoms with Gasteiger partial charge in [-0.15, -0.1) is 0 Å². The topological polar surface area (TPSA) is 64.3 Å². The number of unbranched alkanes of at least 4 members (excludes halogenated alkanes) is 1. The zero-order valence-electron chi connectivity index (χ0n) is 19.1. The Morgan fingerprint density at radius 2 is 1.85 bits per heavy atom. The largest absolute Gasteiger partial charge is 0.493 e. The van der Waals surface area contributed by atoms with Gasteiger partial charge in [-0.25, -0.2) is 9.18 Å². The third kappa shape index (κ3) is 5.52. The van der Waals surface area contributed by atoms with Gasteiger partial charge in [0.2, 0.25) is 0 Å². The molecule has 3 aromatic carbocycles. The molecule has 1 heterocycles. The van der Waals surface area contributed by atoms with E-state index >= 15 is 0 Å². The first-order valence-electron chi connectivity index (χ1n) is 11.4. The molecule has 4 rings (SSSR count). The molecule has 1 aromatic heterocycles. The minimum atomic E-state index is -1.02. The molecule has 0 unspecified atom stereocenters. The van der Waals surface area contributed by atoms with E-state index < -0.39 is 5.97 Å². The van der Waals surface area contributed by atoms with Crippen molar-refractivity contribution in [3.63, 3.8) is 0 Å². The van der Waals surface area contributed by atoms with Gasteiger partial charge in [0, 0.05) is 17.7 Å². The highest BCUT2D eigenvalue weighted by molar-refractivity contribution is 5.90. The molecule has 4 aromatic rings. The van der Waals surface area contributed by atoms with Crippen molar-refractivity contribution in [2.45, 2.75) is 32.7 Å². The summed E-state index contributed by atoms with van der Waals surface area (Å²) in [6, 6.07) is 23.1. The quantitative estimate of drug-likeness (QED) is 0.276. The molecule has 1 N–H and O–H groups in total. The van der Waals surface area contributed by atoms with E-state index in [9.17, 15) is 14.3 Å². The lowest BCUT2D eigenvalue weighted by molar-refractivity contribution is 0.0697. The number of nitrogens with zero attached hydrogens (tertiary/aromatic N) is 2. The molecule has 0 amide bonds. The van der Waals surface area contributed by atoms with Crippen LogP contribution in [0.4, 0.5) is 4.39 Å². The Kier molecular flexibility index (Phi) is 7.38. The number of halogens is 1. The number of ether oxygens (including phenoxy) is 1. The highest BCUT2D eigenvalue weighted by Crippen LogP contribution is 2.34. The Morgan fingerprint density at radius 3 is 2.59 bits per heavy atom. The number of carboxylic acids is 1. The Balaban J connectivity index is 1.77. The molecule has 0 saturated carbocycles. The lowest BCUT2D eigenvalue weighted by atomic mass is 10.0. The maximum Gasteiger partial charge on any atom is 0.335 e. The molecular formula is C28H27FN2O3. The van der Waals surface area contributed by atoms with Gasteiger partial charge in [-0.2, -0.15) is 5.10 Å². The molecule has 0 bridgehead atoms. The fourth-order valence-electron chi connectivity index (χ4n) is 3.79. The molecule has 34 heavy (non-hydrogen) atoms. The fourth-order valence-corrected chi connectivity index (χ4v) is 3.79. The average Bonchev–Trinajstić information content (AvgIpc) is 3.28. The van der Waals surface area contributed by atoms with E-state index in [1.165, 1.54) is 23.8 Å². The Morgan fingerprint density at radius 1 is 1.03 bits per heavy atom. The number of carbonyl (C=O) groups is 1. The zero-order chi connectivity index (χ0) is 23.9. The molecular weight excluding hydrogens is 431 g/mol. The van der Waals surface area contributed by atoms with Crippen LogP contribution in [0.15, 0.2) is 78.9 Å². The van der Waals surface area contributed by atoms with Crippen LogP contribution in [0, 0.1) is 5.82 Å². The van der Waals surface area contributed by atoms with Crippen molar-refractivity contribution in [3.05, 3.63) is 95.8 Å². The maximum absolute atomic E-state index is 14.0. The van der Waals surface area contributed by atoms with Gasteiger partial charge in [0.15, 0.2) is 0 Å². The number of hydrogen-bond acceptors (Lipinski definition) is 3. The van der Waals surface area contributed by atoms with E-state index in [1.807, 2.05) is 35.0 Å². The summed E-state index contributed by atoms with van der Waals surface area (Å²) in [5.41, 5.74) is 3.97. The van der Waals surface area contributed by atoms with Crippen molar-refractivity contribution in [3.8, 4) is 28.3 Å². The number of benzene rings is 3. The lowest BCUT2D eigenvalue weighted by Gasteiger charge is -2.11. The van der Waals surface area contributed by atoms with Gasteiger partial charge in [-0.1, -0.05) is 55.8 Å². The van der Waals surface area contributed by atoms with Gasteiger partial charge in [0.25, 0.3) is 0 Å². The predicted octanol–water partition coefficient (Wildman–Crippen LogP) is 6.48. The minimum absolute atomic E-state index is 0.156. The van der Waals surface area contributed by atoms with E-state index in [-0.39, 0.29) is 11.4 Å². The van der Waals surface area contributed by atoms with E-state index in [4.69, 9.17) is 9.84 Å². The van der Waals surface area contributed by atoms with Crippen molar-refractivity contribution in [1.29, 1.82) is 0 Å². The van der Waals surface area contributed by atoms with E-state index in [2.05, 4.69) is 19.1 Å². The van der Waals surface area contributed by atoms with Gasteiger partial charge in [-0.3, -0.25) is 4.68 Å². The highest BCUT2D eigenvalue weighted by Gasteiger charge is 2.18. The monoisotopic (exact) mass is 458 g/mol. The zero-order valence-corrected chi connectivity index (χ0v) is 19.1. The number of aryl methyl sites for hydroxylation is 2. The number of hydrogen-bond donors (Lipinski definition) is 1. The van der Waals surface area contributed by atoms with Crippen LogP contribution in [-0.2, 0) is 13.0 Å². The summed E-state index contributed by atoms with van der Waals surface area (Å²) in [6.07, 6.45) is 2.62. The maximum atomic E-state index is 14.0. The minimum Gasteiger partial charge on any atom is -0.493 e. The standard InChI is InChI=1S/C28H27FN2O3/c1-2-3-16-34-27-13-12-22(28(32)33)18-24(27)25-19-26(21-10-7-11-23(29)17-21)31(30-25)15-14-20-8-5-4-6-9-20/h4-13,17-19H,2-3,14-16H2,1H3,(H,32,33). The van der Waals surface area contributed by atoms with Crippen LogP contribution in [0.25, 0.3) is 22.5 Å². The van der Waals surface area contributed by atoms with Gasteiger partial charge in [0.05, 0.1) is 23.6 Å². The molecule has 6 heteroatoms. The first kappa shape index (κ1) is 23.2. The molecule has 0 radical (unpaired) electrons. The second-order valence-corrected chi connectivity index (χ2v) is 8.10. The summed E-state index contributed by atoms with van der Waals surface area (Å²) in [5.74, 6) is -0.765. The van der Waals surface area contributed by atoms with Gasteiger partial charge in [0.1, 0.15) is 11.6 Å². The van der Waals surface area contributed by atoms with Crippen LogP contribution in [0.5, 0.6) is 5.75 Å². The van der Waals surface area contributed by atoms with Crippen LogP contribution in [0.1, 0.15) is 35.7 Å². The Hall–Kier alpha value is -3.93. The second-order valence-electron chi connectivity index (χ2n) is 8.10. The predicted molar refractivity (Wildman–Crippen MR) is 131 cm³/mol. The third-order valence-electron chi connectivity index (χ3n) is 5.61. The van der Waals surface area contributed by atoms with Crippen LogP contribution < -0.4 is 4.74 Å². The fraction of sp³-hybridized carbons (Fsp3) is 0.214. The molecule has 0 spiro atoms. The van der Waals surface area contributed by atoms with Crippen LogP contribution in [0.3, 0.4) is 0 Å². The van der Waals surface area contributed by atoms with Crippen molar-refractivity contribution in [2.75, 3.05) is 6.61 Å². The van der Waals surface area contributed by atoms with Crippen molar-refractivity contribution < 1.29 is 19.0 Å². The molecule has 0 atom stereocenters. The summed E-state index contributed by atoms with van der Waals surface area (Å²) >= 11 is 0. The van der Waals surface area contributed by atoms with Crippen molar-refractivity contribution >= 4 is 5.97 Å². The lowest BCUT2D eigenvalue weighted by Crippen LogP contribution is -2.06. The van der Waals surface area contributed by atoms with Crippen molar-refractivity contribution in [2.24, 2.45) is 0 Å². The van der Waals surface area contributed by atoms with Gasteiger partial charge in [-0.05, 0) is 54.8 Å². The van der Waals surface area contributed by atoms with Gasteiger partial charge >= 0.3 is 5.97 Å². The molecule has 0 aliphatic rings. The molecule has 0 saturated heterocycles. The van der Waals surface area contributed by atoms with E-state index in [0.717, 1.165) is 25.0 Å². The number of aromatic nitrogens is 2. The molecule has 0 aliphatic heterocycles. The molecule has 174 valence electrons. The Labute approximate surface area is 198 Å². The summed E-state index contributed by atoms with van der Waals surface area (Å²) in [4.78, 5) is 11.6. The first-order valence-corrected chi connectivity index (χ1v) is 11.4. The smallest absolute Gasteiger partial charge is 0.335 e. The number of rotatable bonds is 10. The summed E-state index contributed by atoms with van der Waals surface area (Å²) in [5, 5.41) is 14.3. The molecule has 0 aliphatic carbocycles. The Bertz CT molecular complexity index is 1270. The normalized spacial score (nSPS) is 10.9. The summed E-state index contributed by atoms with van der Waals surface area (Å²) in [7, 11) is 0. The van der Waals surface area contributed by atoms with Crippen LogP contribution >= 0.6 is 0 Å². The second kappa shape index (κ2) is 10.8. The van der Waals surface area contributed by atoms with Crippen molar-refractivity contribution in [1.82, 2.24) is 9.78 Å². The SMILES string of the molecule is CCCCOc1ccc(C(=O)O)cc1-c1cc(-c2cccc(F)c2)n(CCc2ccccc2)n1. The summed E-state index contributed by atoms with van der Waals surface area (Å²) in [6.45, 7) is 3.19. The summed E-state index contributed by atoms with van der Waals surface area (Å²) < 4.78 is 21.8. The molecule has 0 fully saturated rings. The van der Waals surface area contributed by atoms with E-state index in [1.54, 1.807) is 18.2 Å². The van der Waals surface area contributed by atoms with E-state index in [0.29, 0.717) is 35.7 Å². The first-order chi connectivity index (χ1) is 16.5. The van der Waals surface area contributed by atoms with Gasteiger partial charge < -0.3 is 9.84 Å². The highest BCUT2D eigenvalue weighted by atomic mass is 19.1. The number of carboxylic acid groups (broad SMARTS) is 1. The van der Waals surface area contributed by atoms with Crippen LogP contribution in [-0.4, -0.2) is 27.5 Å². The third-order valence-corrected chi connectivity index (χ3v) is 5.61. The van der Waals surface area contributed by atoms with Crippen LogP contribution in [0.2, 0.25) is 0 Å².